The highest BCUT2D eigenvalue weighted by molar-refractivity contribution is 5.73. The summed E-state index contributed by atoms with van der Waals surface area (Å²) in [6.07, 6.45) is 0.918. The van der Waals surface area contributed by atoms with Crippen molar-refractivity contribution < 1.29 is 8.83 Å². The van der Waals surface area contributed by atoms with Gasteiger partial charge in [0.15, 0.2) is 0 Å². The van der Waals surface area contributed by atoms with Crippen LogP contribution >= 0.6 is 0 Å². The normalized spacial score (nSPS) is 11.7. The Bertz CT molecular complexity index is 375. The lowest BCUT2D eigenvalue weighted by Crippen LogP contribution is -1.80. The molecule has 0 radical (unpaired) electrons. The van der Waals surface area contributed by atoms with E-state index in [0.29, 0.717) is 11.7 Å². The van der Waals surface area contributed by atoms with E-state index in [0.717, 1.165) is 23.3 Å². The highest BCUT2D eigenvalue weighted by atomic mass is 16.5. The summed E-state index contributed by atoms with van der Waals surface area (Å²) in [4.78, 5) is 0. The second-order valence-electron chi connectivity index (χ2n) is 3.61. The van der Waals surface area contributed by atoms with Crippen molar-refractivity contribution in [2.75, 3.05) is 0 Å². The molecule has 70 valence electrons. The summed E-state index contributed by atoms with van der Waals surface area (Å²) in [5, 5.41) is 1.08. The largest absolute Gasteiger partial charge is 0.430 e. The summed E-state index contributed by atoms with van der Waals surface area (Å²) in [5.74, 6) is 3.08. The Hall–Kier alpha value is -1.18. The van der Waals surface area contributed by atoms with Gasteiger partial charge in [0.05, 0.1) is 5.39 Å². The molecule has 0 fully saturated rings. The standard InChI is InChI=1S/C11H14O2/c1-4-9-5-8-6-10(7(2)3)13-11(8)12-9/h5-7H,4H2,1-3H3. The number of fused-ring (bicyclic) bond motifs is 1. The lowest BCUT2D eigenvalue weighted by Gasteiger charge is -1.95. The smallest absolute Gasteiger partial charge is 0.297 e. The third-order valence-corrected chi connectivity index (χ3v) is 2.20. The molecule has 0 spiro atoms. The fourth-order valence-electron chi connectivity index (χ4n) is 1.37. The van der Waals surface area contributed by atoms with E-state index in [1.165, 1.54) is 0 Å². The zero-order chi connectivity index (χ0) is 9.42. The molecule has 0 aliphatic carbocycles. The highest BCUT2D eigenvalue weighted by Crippen LogP contribution is 2.27. The molecule has 0 N–H and O–H groups in total. The predicted octanol–water partition coefficient (Wildman–Crippen LogP) is 3.71. The van der Waals surface area contributed by atoms with E-state index >= 15 is 0 Å². The molecule has 0 aliphatic heterocycles. The van der Waals surface area contributed by atoms with Gasteiger partial charge < -0.3 is 8.83 Å². The van der Waals surface area contributed by atoms with Gasteiger partial charge in [0.1, 0.15) is 11.5 Å². The maximum absolute atomic E-state index is 5.55. The summed E-state index contributed by atoms with van der Waals surface area (Å²) in [7, 11) is 0. The third-order valence-electron chi connectivity index (χ3n) is 2.20. The average Bonchev–Trinajstić information content (AvgIpc) is 2.58. The van der Waals surface area contributed by atoms with Crippen molar-refractivity contribution in [3.8, 4) is 0 Å². The molecule has 2 heterocycles. The van der Waals surface area contributed by atoms with Crippen molar-refractivity contribution in [3.05, 3.63) is 23.7 Å². The summed E-state index contributed by atoms with van der Waals surface area (Å²) in [6, 6.07) is 4.10. The SMILES string of the molecule is CCc1cc2cc(C(C)C)oc2o1. The quantitative estimate of drug-likeness (QED) is 0.700. The molecule has 2 nitrogen and oxygen atoms in total. The second-order valence-corrected chi connectivity index (χ2v) is 3.61. The maximum atomic E-state index is 5.55. The third kappa shape index (κ3) is 1.37. The van der Waals surface area contributed by atoms with Crippen molar-refractivity contribution >= 4 is 11.2 Å². The van der Waals surface area contributed by atoms with Gasteiger partial charge in [-0.2, -0.15) is 0 Å². The van der Waals surface area contributed by atoms with Crippen LogP contribution in [0.4, 0.5) is 0 Å². The van der Waals surface area contributed by atoms with Crippen LogP contribution in [0.1, 0.15) is 38.2 Å². The predicted molar refractivity (Wildman–Crippen MR) is 51.9 cm³/mol. The molecule has 0 atom stereocenters. The highest BCUT2D eigenvalue weighted by Gasteiger charge is 2.11. The van der Waals surface area contributed by atoms with Crippen LogP contribution in [0.5, 0.6) is 0 Å². The Morgan fingerprint density at radius 3 is 2.54 bits per heavy atom. The molecular formula is C11H14O2. The van der Waals surface area contributed by atoms with Crippen molar-refractivity contribution in [3.63, 3.8) is 0 Å². The number of rotatable bonds is 2. The van der Waals surface area contributed by atoms with Crippen LogP contribution in [0.25, 0.3) is 11.2 Å². The second kappa shape index (κ2) is 2.95. The van der Waals surface area contributed by atoms with E-state index in [2.05, 4.69) is 26.8 Å². The lowest BCUT2D eigenvalue weighted by atomic mass is 10.1. The van der Waals surface area contributed by atoms with Gasteiger partial charge in [-0.05, 0) is 12.1 Å². The monoisotopic (exact) mass is 178 g/mol. The van der Waals surface area contributed by atoms with Gasteiger partial charge >= 0.3 is 0 Å². The number of furan rings is 2. The molecule has 2 aromatic heterocycles. The van der Waals surface area contributed by atoms with Gasteiger partial charge in [0, 0.05) is 12.3 Å². The Morgan fingerprint density at radius 2 is 2.00 bits per heavy atom. The van der Waals surface area contributed by atoms with Crippen molar-refractivity contribution in [1.29, 1.82) is 0 Å². The molecular weight excluding hydrogens is 164 g/mol. The number of hydrogen-bond acceptors (Lipinski definition) is 2. The summed E-state index contributed by atoms with van der Waals surface area (Å²) < 4.78 is 11.0. The first kappa shape index (κ1) is 8.42. The summed E-state index contributed by atoms with van der Waals surface area (Å²) in [6.45, 7) is 6.29. The van der Waals surface area contributed by atoms with E-state index < -0.39 is 0 Å². The topological polar surface area (TPSA) is 26.3 Å². The van der Waals surface area contributed by atoms with Crippen LogP contribution in [0.15, 0.2) is 21.0 Å². The Morgan fingerprint density at radius 1 is 1.23 bits per heavy atom. The molecule has 2 heteroatoms. The lowest BCUT2D eigenvalue weighted by molar-refractivity contribution is 0.422. The van der Waals surface area contributed by atoms with Gasteiger partial charge in [0.25, 0.3) is 5.78 Å². The summed E-state index contributed by atoms with van der Waals surface area (Å²) >= 11 is 0. The average molecular weight is 178 g/mol. The first-order chi connectivity index (χ1) is 6.20. The molecule has 0 bridgehead atoms. The maximum Gasteiger partial charge on any atom is 0.297 e. The minimum absolute atomic E-state index is 0.424. The molecule has 0 saturated heterocycles. The van der Waals surface area contributed by atoms with Gasteiger partial charge in [-0.3, -0.25) is 0 Å². The fourth-order valence-corrected chi connectivity index (χ4v) is 1.37. The fraction of sp³-hybridized carbons (Fsp3) is 0.455. The molecule has 13 heavy (non-hydrogen) atoms. The van der Waals surface area contributed by atoms with Crippen LogP contribution in [-0.2, 0) is 6.42 Å². The van der Waals surface area contributed by atoms with Crippen molar-refractivity contribution in [1.82, 2.24) is 0 Å². The molecule has 2 aromatic rings. The van der Waals surface area contributed by atoms with Crippen LogP contribution in [0.3, 0.4) is 0 Å². The van der Waals surface area contributed by atoms with Crippen LogP contribution in [-0.4, -0.2) is 0 Å². The first-order valence-electron chi connectivity index (χ1n) is 4.73. The molecule has 0 aromatic carbocycles. The van der Waals surface area contributed by atoms with Crippen molar-refractivity contribution in [2.24, 2.45) is 0 Å². The molecule has 0 saturated carbocycles. The summed E-state index contributed by atoms with van der Waals surface area (Å²) in [5.41, 5.74) is 0. The van der Waals surface area contributed by atoms with E-state index in [4.69, 9.17) is 8.83 Å². The van der Waals surface area contributed by atoms with E-state index in [-0.39, 0.29) is 0 Å². The van der Waals surface area contributed by atoms with Crippen LogP contribution < -0.4 is 0 Å². The minimum atomic E-state index is 0.424. The molecule has 0 aliphatic rings. The zero-order valence-electron chi connectivity index (χ0n) is 8.26. The van der Waals surface area contributed by atoms with Crippen LogP contribution in [0.2, 0.25) is 0 Å². The minimum Gasteiger partial charge on any atom is -0.430 e. The first-order valence-corrected chi connectivity index (χ1v) is 4.73. The van der Waals surface area contributed by atoms with E-state index in [9.17, 15) is 0 Å². The van der Waals surface area contributed by atoms with E-state index in [1.54, 1.807) is 0 Å². The van der Waals surface area contributed by atoms with Crippen molar-refractivity contribution in [2.45, 2.75) is 33.1 Å². The Kier molecular flexibility index (Phi) is 1.91. The van der Waals surface area contributed by atoms with Crippen LogP contribution in [0, 0.1) is 0 Å². The molecule has 0 unspecified atom stereocenters. The molecule has 2 rings (SSSR count). The Balaban J connectivity index is 2.48. The van der Waals surface area contributed by atoms with Gasteiger partial charge in [0.2, 0.25) is 0 Å². The van der Waals surface area contributed by atoms with Gasteiger partial charge in [-0.25, -0.2) is 0 Å². The molecule has 0 amide bonds. The number of aryl methyl sites for hydroxylation is 1. The Labute approximate surface area is 77.5 Å². The zero-order valence-corrected chi connectivity index (χ0v) is 8.26. The number of hydrogen-bond donors (Lipinski definition) is 0. The van der Waals surface area contributed by atoms with Gasteiger partial charge in [-0.15, -0.1) is 0 Å². The van der Waals surface area contributed by atoms with Gasteiger partial charge in [-0.1, -0.05) is 20.8 Å². The van der Waals surface area contributed by atoms with E-state index in [1.807, 2.05) is 6.07 Å².